The molecule has 4 aliphatic rings. The van der Waals surface area contributed by atoms with Crippen molar-refractivity contribution >= 4 is 34.1 Å². The molecule has 3 unspecified atom stereocenters. The van der Waals surface area contributed by atoms with Crippen molar-refractivity contribution in [2.75, 3.05) is 9.80 Å². The van der Waals surface area contributed by atoms with E-state index in [1.165, 1.54) is 119 Å². The quantitative estimate of drug-likeness (QED) is 0.154. The van der Waals surface area contributed by atoms with Gasteiger partial charge in [0.1, 0.15) is 0 Å². The smallest absolute Gasteiger partial charge is 0.0543 e. The summed E-state index contributed by atoms with van der Waals surface area (Å²) < 4.78 is 0. The molecule has 0 N–H and O–H groups in total. The molecule has 0 radical (unpaired) electrons. The Labute approximate surface area is 332 Å². The number of hydrogen-bond acceptors (Lipinski definition) is 2. The number of para-hydroxylation sites is 3. The average molecular weight is 725 g/mol. The van der Waals surface area contributed by atoms with Crippen molar-refractivity contribution in [1.29, 1.82) is 0 Å². The second-order valence-electron chi connectivity index (χ2n) is 16.9. The van der Waals surface area contributed by atoms with Gasteiger partial charge in [0.05, 0.1) is 5.69 Å². The Hall–Kier alpha value is -5.86. The van der Waals surface area contributed by atoms with Crippen molar-refractivity contribution in [3.8, 4) is 11.1 Å². The summed E-state index contributed by atoms with van der Waals surface area (Å²) in [6, 6.07) is 68.3. The van der Waals surface area contributed by atoms with Crippen molar-refractivity contribution < 1.29 is 0 Å². The van der Waals surface area contributed by atoms with Gasteiger partial charge in [0.2, 0.25) is 0 Å². The zero-order valence-corrected chi connectivity index (χ0v) is 32.0. The molecule has 0 saturated heterocycles. The summed E-state index contributed by atoms with van der Waals surface area (Å²) in [5.41, 5.74) is 16.2. The molecule has 3 fully saturated rings. The fraction of sp³-hybridized carbons (Fsp3) is 0.222. The van der Waals surface area contributed by atoms with E-state index in [-0.39, 0.29) is 10.8 Å². The van der Waals surface area contributed by atoms with E-state index in [4.69, 9.17) is 0 Å². The van der Waals surface area contributed by atoms with Crippen LogP contribution < -0.4 is 9.80 Å². The highest BCUT2D eigenvalue weighted by molar-refractivity contribution is 5.95. The predicted molar refractivity (Wildman–Crippen MR) is 233 cm³/mol. The Morgan fingerprint density at radius 2 is 0.929 bits per heavy atom. The molecule has 274 valence electrons. The first-order valence-corrected chi connectivity index (χ1v) is 20.9. The lowest BCUT2D eigenvalue weighted by Gasteiger charge is -2.40. The number of fused-ring (bicyclic) bond motifs is 7. The largest absolute Gasteiger partial charge is 0.311 e. The van der Waals surface area contributed by atoms with E-state index in [0.717, 1.165) is 5.92 Å². The summed E-state index contributed by atoms with van der Waals surface area (Å²) in [4.78, 5) is 4.90. The lowest BCUT2D eigenvalue weighted by atomic mass is 9.64. The van der Waals surface area contributed by atoms with E-state index in [2.05, 4.69) is 192 Å². The highest BCUT2D eigenvalue weighted by Gasteiger charge is 2.53. The summed E-state index contributed by atoms with van der Waals surface area (Å²) in [6.45, 7) is 0. The summed E-state index contributed by atoms with van der Waals surface area (Å²) in [6.07, 6.45) is 10.3. The maximum Gasteiger partial charge on any atom is 0.0543 e. The van der Waals surface area contributed by atoms with Crippen LogP contribution in [0.3, 0.4) is 0 Å². The summed E-state index contributed by atoms with van der Waals surface area (Å²) in [7, 11) is 0. The van der Waals surface area contributed by atoms with Gasteiger partial charge in [-0.05, 0) is 138 Å². The second kappa shape index (κ2) is 13.4. The first-order valence-electron chi connectivity index (χ1n) is 20.9. The first-order chi connectivity index (χ1) is 27.7. The predicted octanol–water partition coefficient (Wildman–Crippen LogP) is 14.6. The highest BCUT2D eigenvalue weighted by Crippen LogP contribution is 2.62. The average Bonchev–Trinajstić information content (AvgIpc) is 4.08. The molecule has 4 aliphatic carbocycles. The SMILES string of the molecule is c1ccc(N(c2ccccc2)c2ccc(C3(c4ccc(N(c5ccccc5)c5cccc6c5-c5ccccc5C65CCCC5)cc4)CC4CCC3C4)cc2)cc1. The Balaban J connectivity index is 1.01. The molecular formula is C54H48N2. The van der Waals surface area contributed by atoms with Crippen LogP contribution in [0, 0.1) is 11.8 Å². The molecule has 0 aromatic heterocycles. The van der Waals surface area contributed by atoms with Crippen molar-refractivity contribution in [1.82, 2.24) is 0 Å². The fourth-order valence-electron chi connectivity index (χ4n) is 11.8. The van der Waals surface area contributed by atoms with Gasteiger partial charge in [0.25, 0.3) is 0 Å². The van der Waals surface area contributed by atoms with E-state index in [1.54, 1.807) is 0 Å². The zero-order chi connectivity index (χ0) is 37.1. The minimum atomic E-state index is 0.0175. The molecule has 2 nitrogen and oxygen atoms in total. The van der Waals surface area contributed by atoms with Crippen LogP contribution in [0.15, 0.2) is 182 Å². The van der Waals surface area contributed by atoms with Crippen LogP contribution in [0.2, 0.25) is 0 Å². The fourth-order valence-corrected chi connectivity index (χ4v) is 11.8. The maximum absolute atomic E-state index is 2.53. The summed E-state index contributed by atoms with van der Waals surface area (Å²) >= 11 is 0. The van der Waals surface area contributed by atoms with Crippen molar-refractivity contribution in [2.45, 2.75) is 62.2 Å². The van der Waals surface area contributed by atoms with Crippen LogP contribution in [0.25, 0.3) is 11.1 Å². The van der Waals surface area contributed by atoms with Gasteiger partial charge in [0.15, 0.2) is 0 Å². The van der Waals surface area contributed by atoms with E-state index < -0.39 is 0 Å². The van der Waals surface area contributed by atoms with E-state index in [1.807, 2.05) is 0 Å². The third-order valence-electron chi connectivity index (χ3n) is 14.1. The number of anilines is 6. The van der Waals surface area contributed by atoms with Gasteiger partial charge in [-0.15, -0.1) is 0 Å². The molecular weight excluding hydrogens is 677 g/mol. The lowest BCUT2D eigenvalue weighted by molar-refractivity contribution is 0.320. The second-order valence-corrected chi connectivity index (χ2v) is 16.9. The molecule has 7 aromatic carbocycles. The minimum absolute atomic E-state index is 0.0175. The molecule has 11 rings (SSSR count). The molecule has 7 aromatic rings. The normalized spacial score (nSPS) is 21.2. The van der Waals surface area contributed by atoms with Crippen molar-refractivity contribution in [3.63, 3.8) is 0 Å². The van der Waals surface area contributed by atoms with Crippen LogP contribution in [0.1, 0.15) is 73.6 Å². The molecule has 3 saturated carbocycles. The number of nitrogens with zero attached hydrogens (tertiary/aromatic N) is 2. The maximum atomic E-state index is 2.53. The molecule has 0 heterocycles. The van der Waals surface area contributed by atoms with Gasteiger partial charge in [-0.2, -0.15) is 0 Å². The topological polar surface area (TPSA) is 6.48 Å². The Morgan fingerprint density at radius 1 is 0.429 bits per heavy atom. The first kappa shape index (κ1) is 33.5. The molecule has 0 aliphatic heterocycles. The number of benzene rings is 7. The summed E-state index contributed by atoms with van der Waals surface area (Å²) in [5.74, 6) is 1.45. The molecule has 2 heteroatoms. The van der Waals surface area contributed by atoms with E-state index in [0.29, 0.717) is 5.92 Å². The molecule has 1 spiro atoms. The van der Waals surface area contributed by atoms with E-state index in [9.17, 15) is 0 Å². The van der Waals surface area contributed by atoms with Crippen LogP contribution >= 0.6 is 0 Å². The third kappa shape index (κ3) is 5.15. The number of hydrogen-bond donors (Lipinski definition) is 0. The molecule has 2 bridgehead atoms. The van der Waals surface area contributed by atoms with Crippen molar-refractivity contribution in [3.05, 3.63) is 204 Å². The van der Waals surface area contributed by atoms with Crippen LogP contribution in [-0.4, -0.2) is 0 Å². The Morgan fingerprint density at radius 3 is 1.48 bits per heavy atom. The zero-order valence-electron chi connectivity index (χ0n) is 32.0. The highest BCUT2D eigenvalue weighted by atomic mass is 15.1. The Bertz CT molecular complexity index is 2440. The summed E-state index contributed by atoms with van der Waals surface area (Å²) in [5, 5.41) is 0. The van der Waals surface area contributed by atoms with Crippen LogP contribution in [-0.2, 0) is 10.8 Å². The molecule has 0 amide bonds. The van der Waals surface area contributed by atoms with Crippen LogP contribution in [0.5, 0.6) is 0 Å². The molecule has 56 heavy (non-hydrogen) atoms. The van der Waals surface area contributed by atoms with Crippen molar-refractivity contribution in [2.24, 2.45) is 11.8 Å². The lowest BCUT2D eigenvalue weighted by Crippen LogP contribution is -2.34. The van der Waals surface area contributed by atoms with Crippen LogP contribution in [0.4, 0.5) is 34.1 Å². The van der Waals surface area contributed by atoms with Gasteiger partial charge in [-0.1, -0.05) is 135 Å². The number of rotatable bonds is 8. The minimum Gasteiger partial charge on any atom is -0.311 e. The monoisotopic (exact) mass is 724 g/mol. The van der Waals surface area contributed by atoms with Gasteiger partial charge < -0.3 is 9.80 Å². The standard InChI is InChI=1S/C54H48N2/c1-4-15-43(16-5-1)55(44-17-6-2-7-18-44)46-31-27-40(28-32-46)54(38-39-25-26-42(54)37-39)41-29-33-47(34-30-41)56(45-19-8-3-9-20-45)51-24-14-23-50-52(51)48-21-10-11-22-49(48)53(50)35-12-13-36-53/h1-11,14-24,27-34,39,42H,12-13,25-26,35-38H2. The van der Waals surface area contributed by atoms with Gasteiger partial charge in [-0.3, -0.25) is 0 Å². The Kier molecular flexibility index (Phi) is 8.02. The molecule has 3 atom stereocenters. The van der Waals surface area contributed by atoms with Gasteiger partial charge in [-0.25, -0.2) is 0 Å². The van der Waals surface area contributed by atoms with Gasteiger partial charge in [0, 0.05) is 44.8 Å². The van der Waals surface area contributed by atoms with Gasteiger partial charge >= 0.3 is 0 Å². The van der Waals surface area contributed by atoms with E-state index >= 15 is 0 Å². The third-order valence-corrected chi connectivity index (χ3v) is 14.1.